The third-order valence-electron chi connectivity index (χ3n) is 4.09. The molecule has 28 heavy (non-hydrogen) atoms. The topological polar surface area (TPSA) is 110 Å². The van der Waals surface area contributed by atoms with Gasteiger partial charge >= 0.3 is 0 Å². The van der Waals surface area contributed by atoms with E-state index in [9.17, 15) is 13.2 Å². The number of hydrogen-bond acceptors (Lipinski definition) is 6. The lowest BCUT2D eigenvalue weighted by Crippen LogP contribution is -2.14. The number of aromatic nitrogens is 2. The van der Waals surface area contributed by atoms with Gasteiger partial charge in [0.05, 0.1) is 30.5 Å². The number of rotatable bonds is 6. The van der Waals surface area contributed by atoms with Crippen molar-refractivity contribution < 1.29 is 17.9 Å². The van der Waals surface area contributed by atoms with Crippen LogP contribution in [-0.2, 0) is 10.0 Å². The molecule has 146 valence electrons. The highest BCUT2D eigenvalue weighted by Crippen LogP contribution is 2.31. The van der Waals surface area contributed by atoms with E-state index in [1.165, 1.54) is 32.4 Å². The fourth-order valence-electron chi connectivity index (χ4n) is 2.66. The molecule has 2 aromatic carbocycles. The Hall–Kier alpha value is -3.33. The van der Waals surface area contributed by atoms with Crippen LogP contribution in [0.3, 0.4) is 0 Å². The predicted octanol–water partition coefficient (Wildman–Crippen LogP) is 2.56. The van der Waals surface area contributed by atoms with E-state index in [4.69, 9.17) is 9.47 Å². The summed E-state index contributed by atoms with van der Waals surface area (Å²) in [6, 6.07) is 12.5. The zero-order valence-electron chi connectivity index (χ0n) is 15.5. The van der Waals surface area contributed by atoms with Gasteiger partial charge in [-0.1, -0.05) is 12.1 Å². The fraction of sp³-hybridized carbons (Fsp3) is 0.158. The summed E-state index contributed by atoms with van der Waals surface area (Å²) in [5.41, 5.74) is 1.60. The van der Waals surface area contributed by atoms with Crippen molar-refractivity contribution in [2.24, 2.45) is 0 Å². The molecule has 0 saturated carbocycles. The molecule has 0 bridgehead atoms. The van der Waals surface area contributed by atoms with Gasteiger partial charge < -0.3 is 9.47 Å². The zero-order chi connectivity index (χ0) is 20.3. The summed E-state index contributed by atoms with van der Waals surface area (Å²) >= 11 is 0. The van der Waals surface area contributed by atoms with Crippen molar-refractivity contribution in [2.75, 3.05) is 18.9 Å². The Morgan fingerprint density at radius 1 is 0.964 bits per heavy atom. The maximum absolute atomic E-state index is 13.0. The van der Waals surface area contributed by atoms with Crippen LogP contribution in [-0.4, -0.2) is 32.8 Å². The van der Waals surface area contributed by atoms with E-state index in [1.54, 1.807) is 37.3 Å². The monoisotopic (exact) mass is 401 g/mol. The number of H-pyrrole nitrogens is 1. The highest BCUT2D eigenvalue weighted by atomic mass is 32.2. The van der Waals surface area contributed by atoms with E-state index < -0.39 is 10.0 Å². The summed E-state index contributed by atoms with van der Waals surface area (Å²) in [4.78, 5) is 11.3. The second-order valence-corrected chi connectivity index (χ2v) is 7.61. The Kier molecular flexibility index (Phi) is 5.36. The van der Waals surface area contributed by atoms with Gasteiger partial charge in [-0.15, -0.1) is 0 Å². The molecular weight excluding hydrogens is 382 g/mol. The van der Waals surface area contributed by atoms with Crippen LogP contribution in [0.5, 0.6) is 11.5 Å². The molecular formula is C19H19N3O5S. The molecule has 9 heteroatoms. The first-order valence-corrected chi connectivity index (χ1v) is 9.74. The van der Waals surface area contributed by atoms with Crippen LogP contribution in [0, 0.1) is 6.92 Å². The molecule has 0 spiro atoms. The standard InChI is InChI=1S/C19H19N3O5S/c1-12-4-5-13(15-7-9-19(23)21-20-15)10-18(12)28(24,25)22-14-6-8-16(26-2)17(11-14)27-3/h4-11,22H,1-3H3,(H,21,23). The predicted molar refractivity (Wildman–Crippen MR) is 105 cm³/mol. The van der Waals surface area contributed by atoms with Crippen molar-refractivity contribution in [1.29, 1.82) is 0 Å². The Balaban J connectivity index is 1.98. The quantitative estimate of drug-likeness (QED) is 0.657. The minimum absolute atomic E-state index is 0.104. The normalized spacial score (nSPS) is 11.1. The van der Waals surface area contributed by atoms with E-state index in [-0.39, 0.29) is 10.5 Å². The SMILES string of the molecule is COc1ccc(NS(=O)(=O)c2cc(-c3ccc(=O)[nH]n3)ccc2C)cc1OC. The number of nitrogens with zero attached hydrogens (tertiary/aromatic N) is 1. The van der Waals surface area contributed by atoms with Gasteiger partial charge in [0.1, 0.15) is 0 Å². The van der Waals surface area contributed by atoms with E-state index in [1.807, 2.05) is 0 Å². The molecule has 0 aliphatic heterocycles. The number of methoxy groups -OCH3 is 2. The number of benzene rings is 2. The van der Waals surface area contributed by atoms with Crippen molar-refractivity contribution >= 4 is 15.7 Å². The minimum Gasteiger partial charge on any atom is -0.493 e. The van der Waals surface area contributed by atoms with E-state index >= 15 is 0 Å². The van der Waals surface area contributed by atoms with Gasteiger partial charge in [0.25, 0.3) is 15.6 Å². The lowest BCUT2D eigenvalue weighted by atomic mass is 10.1. The third-order valence-corrected chi connectivity index (χ3v) is 5.61. The average Bonchev–Trinajstić information content (AvgIpc) is 2.68. The summed E-state index contributed by atoms with van der Waals surface area (Å²) < 4.78 is 38.8. The first-order valence-electron chi connectivity index (χ1n) is 8.25. The molecule has 0 aliphatic rings. The van der Waals surface area contributed by atoms with Gasteiger partial charge in [0.2, 0.25) is 0 Å². The number of ether oxygens (including phenoxy) is 2. The molecule has 2 N–H and O–H groups in total. The molecule has 8 nitrogen and oxygen atoms in total. The Morgan fingerprint density at radius 3 is 2.36 bits per heavy atom. The van der Waals surface area contributed by atoms with Gasteiger partial charge in [0.15, 0.2) is 11.5 Å². The third kappa shape index (κ3) is 3.99. The number of nitrogens with one attached hydrogen (secondary N) is 2. The summed E-state index contributed by atoms with van der Waals surface area (Å²) in [6.07, 6.45) is 0. The zero-order valence-corrected chi connectivity index (χ0v) is 16.3. The van der Waals surface area contributed by atoms with Gasteiger partial charge in [-0.3, -0.25) is 9.52 Å². The Bertz CT molecular complexity index is 1150. The average molecular weight is 401 g/mol. The number of anilines is 1. The van der Waals surface area contributed by atoms with Crippen molar-refractivity contribution in [3.63, 3.8) is 0 Å². The summed E-state index contributed by atoms with van der Waals surface area (Å²) in [5.74, 6) is 0.901. The summed E-state index contributed by atoms with van der Waals surface area (Å²) in [7, 11) is -0.899. The van der Waals surface area contributed by atoms with E-state index in [0.717, 1.165) is 0 Å². The second kappa shape index (κ2) is 7.73. The molecule has 1 heterocycles. The van der Waals surface area contributed by atoms with E-state index in [0.29, 0.717) is 34.0 Å². The molecule has 0 atom stereocenters. The van der Waals surface area contributed by atoms with Gasteiger partial charge in [-0.25, -0.2) is 13.5 Å². The lowest BCUT2D eigenvalue weighted by molar-refractivity contribution is 0.355. The molecule has 1 aromatic heterocycles. The van der Waals surface area contributed by atoms with Gasteiger partial charge in [-0.05, 0) is 36.8 Å². The number of aryl methyl sites for hydroxylation is 1. The van der Waals surface area contributed by atoms with Crippen molar-refractivity contribution in [1.82, 2.24) is 10.2 Å². The van der Waals surface area contributed by atoms with Crippen molar-refractivity contribution in [2.45, 2.75) is 11.8 Å². The highest BCUT2D eigenvalue weighted by molar-refractivity contribution is 7.92. The molecule has 0 unspecified atom stereocenters. The van der Waals surface area contributed by atoms with Crippen molar-refractivity contribution in [3.8, 4) is 22.8 Å². The molecule has 0 saturated heterocycles. The number of hydrogen-bond donors (Lipinski definition) is 2. The number of aromatic amines is 1. The van der Waals surface area contributed by atoms with Crippen LogP contribution < -0.4 is 19.8 Å². The van der Waals surface area contributed by atoms with Crippen LogP contribution in [0.1, 0.15) is 5.56 Å². The molecule has 3 rings (SSSR count). The minimum atomic E-state index is -3.87. The summed E-state index contributed by atoms with van der Waals surface area (Å²) in [5, 5.41) is 6.28. The molecule has 0 amide bonds. The van der Waals surface area contributed by atoms with E-state index in [2.05, 4.69) is 14.9 Å². The van der Waals surface area contributed by atoms with Crippen LogP contribution in [0.4, 0.5) is 5.69 Å². The second-order valence-electron chi connectivity index (χ2n) is 5.96. The van der Waals surface area contributed by atoms with Crippen molar-refractivity contribution in [3.05, 3.63) is 64.4 Å². The molecule has 3 aromatic rings. The van der Waals surface area contributed by atoms with Crippen LogP contribution >= 0.6 is 0 Å². The van der Waals surface area contributed by atoms with Gasteiger partial charge in [0, 0.05) is 17.7 Å². The maximum Gasteiger partial charge on any atom is 0.264 e. The van der Waals surface area contributed by atoms with Gasteiger partial charge in [-0.2, -0.15) is 5.10 Å². The first kappa shape index (κ1) is 19.4. The van der Waals surface area contributed by atoms with Crippen LogP contribution in [0.25, 0.3) is 11.3 Å². The van der Waals surface area contributed by atoms with Crippen LogP contribution in [0.2, 0.25) is 0 Å². The number of sulfonamides is 1. The fourth-order valence-corrected chi connectivity index (χ4v) is 3.99. The molecule has 0 aliphatic carbocycles. The molecule has 0 fully saturated rings. The molecule has 0 radical (unpaired) electrons. The first-order chi connectivity index (χ1) is 13.3. The van der Waals surface area contributed by atoms with Crippen LogP contribution in [0.15, 0.2) is 58.2 Å². The highest BCUT2D eigenvalue weighted by Gasteiger charge is 2.19. The summed E-state index contributed by atoms with van der Waals surface area (Å²) in [6.45, 7) is 1.70. The lowest BCUT2D eigenvalue weighted by Gasteiger charge is -2.14. The maximum atomic E-state index is 13.0. The Morgan fingerprint density at radius 2 is 1.71 bits per heavy atom. The Labute approximate surface area is 162 Å². The largest absolute Gasteiger partial charge is 0.493 e. The smallest absolute Gasteiger partial charge is 0.264 e.